The van der Waals surface area contributed by atoms with Gasteiger partial charge in [0, 0.05) is 29.8 Å². The topological polar surface area (TPSA) is 108 Å². The summed E-state index contributed by atoms with van der Waals surface area (Å²) in [4.78, 5) is 33.7. The molecule has 0 aromatic heterocycles. The Morgan fingerprint density at radius 3 is 2.32 bits per heavy atom. The Hall–Kier alpha value is -2.34. The summed E-state index contributed by atoms with van der Waals surface area (Å²) in [6, 6.07) is 15.5. The molecule has 0 aliphatic heterocycles. The van der Waals surface area contributed by atoms with E-state index >= 15 is 0 Å². The molecule has 1 amide bonds. The van der Waals surface area contributed by atoms with Gasteiger partial charge < -0.3 is 15.5 Å². The quantitative estimate of drug-likeness (QED) is 0.303. The second-order valence-corrected chi connectivity index (χ2v) is 8.63. The van der Waals surface area contributed by atoms with E-state index in [-0.39, 0.29) is 12.1 Å². The van der Waals surface area contributed by atoms with Gasteiger partial charge in [-0.2, -0.15) is 0 Å². The molecule has 2 aromatic rings. The van der Waals surface area contributed by atoms with Gasteiger partial charge in [0.15, 0.2) is 0 Å². The number of carbonyl (C=O) groups is 1. The summed E-state index contributed by atoms with van der Waals surface area (Å²) in [5, 5.41) is 6.05. The number of hydrogen-bond donors (Lipinski definition) is 3. The van der Waals surface area contributed by atoms with Gasteiger partial charge in [-0.15, -0.1) is 4.91 Å². The fourth-order valence-electron chi connectivity index (χ4n) is 2.63. The maximum absolute atomic E-state index is 12.2. The lowest BCUT2D eigenvalue weighted by Crippen LogP contribution is -2.25. The molecule has 0 aliphatic carbocycles. The van der Waals surface area contributed by atoms with Crippen molar-refractivity contribution in [3.63, 3.8) is 0 Å². The Morgan fingerprint density at radius 2 is 1.68 bits per heavy atom. The van der Waals surface area contributed by atoms with E-state index in [1.165, 1.54) is 11.1 Å². The fourth-order valence-corrected chi connectivity index (χ4v) is 3.29. The predicted molar refractivity (Wildman–Crippen MR) is 110 cm³/mol. The summed E-state index contributed by atoms with van der Waals surface area (Å²) in [5.74, 6) is -0.105. The van der Waals surface area contributed by atoms with Crippen molar-refractivity contribution in [3.8, 4) is 0 Å². The first-order chi connectivity index (χ1) is 13.4. The van der Waals surface area contributed by atoms with E-state index < -0.39 is 7.52 Å². The SMILES string of the molecule is Cc1ccc(CCNC(=O)c2ccc(CNCCCP(=O)(O)N=O)cc2)cc1. The lowest BCUT2D eigenvalue weighted by Gasteiger charge is -2.08. The van der Waals surface area contributed by atoms with Gasteiger partial charge in [0.2, 0.25) is 0 Å². The van der Waals surface area contributed by atoms with Crippen LogP contribution in [0.5, 0.6) is 0 Å². The van der Waals surface area contributed by atoms with Gasteiger partial charge >= 0.3 is 7.52 Å². The van der Waals surface area contributed by atoms with Crippen molar-refractivity contribution in [2.45, 2.75) is 26.3 Å². The van der Waals surface area contributed by atoms with E-state index in [0.717, 1.165) is 12.0 Å². The molecule has 2 aromatic carbocycles. The first kappa shape index (κ1) is 22.0. The second kappa shape index (κ2) is 10.9. The number of nitroso groups, excluding NO2 is 1. The van der Waals surface area contributed by atoms with Crippen LogP contribution in [0.4, 0.5) is 0 Å². The molecule has 7 nitrogen and oxygen atoms in total. The summed E-state index contributed by atoms with van der Waals surface area (Å²) in [6.07, 6.45) is 1.06. The molecule has 0 aliphatic rings. The van der Waals surface area contributed by atoms with E-state index in [2.05, 4.69) is 39.8 Å². The average molecular weight is 403 g/mol. The summed E-state index contributed by atoms with van der Waals surface area (Å²) >= 11 is 0. The Labute approximate surface area is 165 Å². The number of aryl methyl sites for hydroxylation is 1. The molecule has 0 saturated heterocycles. The van der Waals surface area contributed by atoms with Gasteiger partial charge in [0.1, 0.15) is 0 Å². The van der Waals surface area contributed by atoms with Crippen LogP contribution in [0.3, 0.4) is 0 Å². The van der Waals surface area contributed by atoms with Crippen molar-refractivity contribution in [2.75, 3.05) is 19.3 Å². The minimum absolute atomic E-state index is 0.105. The highest BCUT2D eigenvalue weighted by Gasteiger charge is 2.17. The second-order valence-electron chi connectivity index (χ2n) is 6.69. The smallest absolute Gasteiger partial charge is 0.350 e. The van der Waals surface area contributed by atoms with Crippen LogP contribution in [0.25, 0.3) is 0 Å². The van der Waals surface area contributed by atoms with Crippen LogP contribution in [0.2, 0.25) is 0 Å². The highest BCUT2D eigenvalue weighted by atomic mass is 31.2. The largest absolute Gasteiger partial charge is 0.352 e. The minimum Gasteiger partial charge on any atom is -0.352 e. The molecule has 0 radical (unpaired) electrons. The lowest BCUT2D eigenvalue weighted by molar-refractivity contribution is 0.0954. The van der Waals surface area contributed by atoms with E-state index in [4.69, 9.17) is 4.89 Å². The molecule has 3 N–H and O–H groups in total. The zero-order valence-electron chi connectivity index (χ0n) is 15.9. The monoisotopic (exact) mass is 403 g/mol. The molecule has 8 heteroatoms. The summed E-state index contributed by atoms with van der Waals surface area (Å²) < 4.78 is 11.1. The molecule has 1 unspecified atom stereocenters. The lowest BCUT2D eigenvalue weighted by atomic mass is 10.1. The Morgan fingerprint density at radius 1 is 1.04 bits per heavy atom. The molecular weight excluding hydrogens is 377 g/mol. The van der Waals surface area contributed by atoms with Crippen LogP contribution in [0.1, 0.15) is 33.5 Å². The molecule has 28 heavy (non-hydrogen) atoms. The first-order valence-electron chi connectivity index (χ1n) is 9.20. The van der Waals surface area contributed by atoms with Crippen molar-refractivity contribution in [1.82, 2.24) is 10.6 Å². The van der Waals surface area contributed by atoms with Gasteiger partial charge in [-0.25, -0.2) is 0 Å². The average Bonchev–Trinajstić information content (AvgIpc) is 2.69. The molecule has 0 saturated carbocycles. The third kappa shape index (κ3) is 7.72. The standard InChI is InChI=1S/C20H26N3O4P/c1-16-3-5-17(6-4-16)11-13-22-20(24)19-9-7-18(8-10-19)15-21-12-2-14-28(26,27)23-25/h3-10,21H,2,11-15H2,1H3,(H,22,24)(H,26,27). The van der Waals surface area contributed by atoms with E-state index in [1.807, 2.05) is 19.1 Å². The number of carbonyl (C=O) groups excluding carboxylic acids is 1. The van der Waals surface area contributed by atoms with E-state index in [9.17, 15) is 14.3 Å². The van der Waals surface area contributed by atoms with Crippen LogP contribution >= 0.6 is 7.52 Å². The minimum atomic E-state index is -3.85. The first-order valence-corrected chi connectivity index (χ1v) is 11.0. The summed E-state index contributed by atoms with van der Waals surface area (Å²) in [7, 11) is -3.85. The number of nitrogens with one attached hydrogen (secondary N) is 2. The number of nitrogens with zero attached hydrogens (tertiary/aromatic N) is 1. The van der Waals surface area contributed by atoms with Crippen LogP contribution < -0.4 is 10.6 Å². The molecule has 0 heterocycles. The molecule has 1 atom stereocenters. The van der Waals surface area contributed by atoms with Crippen LogP contribution in [-0.2, 0) is 17.5 Å². The molecule has 0 spiro atoms. The molecule has 0 fully saturated rings. The van der Waals surface area contributed by atoms with Crippen LogP contribution in [0, 0.1) is 11.8 Å². The van der Waals surface area contributed by atoms with Crippen molar-refractivity contribution in [2.24, 2.45) is 4.95 Å². The van der Waals surface area contributed by atoms with Gasteiger partial charge in [-0.05, 0) is 49.6 Å². The van der Waals surface area contributed by atoms with Crippen molar-refractivity contribution in [1.29, 1.82) is 0 Å². The predicted octanol–water partition coefficient (Wildman–Crippen LogP) is 3.40. The zero-order chi connectivity index (χ0) is 20.4. The third-order valence-electron chi connectivity index (χ3n) is 4.30. The summed E-state index contributed by atoms with van der Waals surface area (Å²) in [5.41, 5.74) is 4.00. The number of amides is 1. The van der Waals surface area contributed by atoms with Gasteiger partial charge in [-0.1, -0.05) is 42.0 Å². The zero-order valence-corrected chi connectivity index (χ0v) is 16.8. The number of hydrogen-bond acceptors (Lipinski definition) is 4. The Balaban J connectivity index is 1.69. The van der Waals surface area contributed by atoms with Crippen molar-refractivity contribution in [3.05, 3.63) is 75.7 Å². The maximum atomic E-state index is 12.2. The number of benzene rings is 2. The van der Waals surface area contributed by atoms with E-state index in [1.54, 1.807) is 12.1 Å². The van der Waals surface area contributed by atoms with E-state index in [0.29, 0.717) is 31.6 Å². The number of rotatable bonds is 11. The molecule has 2 rings (SSSR count). The molecule has 0 bridgehead atoms. The van der Waals surface area contributed by atoms with Gasteiger partial charge in [-0.3, -0.25) is 9.36 Å². The highest BCUT2D eigenvalue weighted by Crippen LogP contribution is 2.41. The maximum Gasteiger partial charge on any atom is 0.350 e. The molecular formula is C20H26N3O4P. The summed E-state index contributed by atoms with van der Waals surface area (Å²) in [6.45, 7) is 3.69. The third-order valence-corrected chi connectivity index (χ3v) is 5.45. The van der Waals surface area contributed by atoms with Crippen LogP contribution in [0.15, 0.2) is 53.5 Å². The van der Waals surface area contributed by atoms with Gasteiger partial charge in [0.25, 0.3) is 5.91 Å². The molecule has 150 valence electrons. The van der Waals surface area contributed by atoms with Gasteiger partial charge in [0.05, 0.1) is 0 Å². The Bertz CT molecular complexity index is 822. The van der Waals surface area contributed by atoms with Crippen LogP contribution in [-0.4, -0.2) is 30.1 Å². The normalized spacial score (nSPS) is 12.9. The van der Waals surface area contributed by atoms with Crippen molar-refractivity contribution < 1.29 is 14.3 Å². The fraction of sp³-hybridized carbons (Fsp3) is 0.350. The van der Waals surface area contributed by atoms with Crippen molar-refractivity contribution >= 4 is 13.4 Å². The Kier molecular flexibility index (Phi) is 8.51. The highest BCUT2D eigenvalue weighted by molar-refractivity contribution is 7.56.